The van der Waals surface area contributed by atoms with Gasteiger partial charge in [0, 0.05) is 17.8 Å². The minimum atomic E-state index is -0.319. The maximum atomic E-state index is 13.8. The molecule has 0 saturated carbocycles. The summed E-state index contributed by atoms with van der Waals surface area (Å²) in [7, 11) is 0. The van der Waals surface area contributed by atoms with Crippen molar-refractivity contribution in [3.63, 3.8) is 0 Å². The third kappa shape index (κ3) is 3.83. The Kier molecular flexibility index (Phi) is 4.64. The van der Waals surface area contributed by atoms with Gasteiger partial charge in [-0.2, -0.15) is 0 Å². The molecule has 1 aromatic carbocycles. The van der Waals surface area contributed by atoms with Gasteiger partial charge in [0.25, 0.3) is 0 Å². The van der Waals surface area contributed by atoms with E-state index in [4.69, 9.17) is 9.47 Å². The highest BCUT2D eigenvalue weighted by Gasteiger charge is 2.24. The zero-order valence-electron chi connectivity index (χ0n) is 11.8. The third-order valence-electron chi connectivity index (χ3n) is 3.30. The second kappa shape index (κ2) is 6.24. The third-order valence-corrected chi connectivity index (χ3v) is 3.30. The molecule has 1 aliphatic rings. The molecule has 3 nitrogen and oxygen atoms in total. The molecule has 1 saturated heterocycles. The number of halogens is 1. The van der Waals surface area contributed by atoms with Gasteiger partial charge in [0.15, 0.2) is 11.6 Å². The molecule has 1 fully saturated rings. The lowest BCUT2D eigenvalue weighted by Crippen LogP contribution is -2.36. The lowest BCUT2D eigenvalue weighted by Gasteiger charge is -2.33. The number of benzene rings is 1. The van der Waals surface area contributed by atoms with Crippen LogP contribution in [0.4, 0.5) is 10.1 Å². The molecule has 1 heterocycles. The van der Waals surface area contributed by atoms with Gasteiger partial charge in [-0.3, -0.25) is 0 Å². The summed E-state index contributed by atoms with van der Waals surface area (Å²) in [5, 5.41) is 3.38. The molecule has 4 heteroatoms. The fourth-order valence-corrected chi connectivity index (χ4v) is 2.62. The topological polar surface area (TPSA) is 30.5 Å². The minimum Gasteiger partial charge on any atom is -0.491 e. The van der Waals surface area contributed by atoms with Crippen molar-refractivity contribution in [1.82, 2.24) is 0 Å². The fourth-order valence-electron chi connectivity index (χ4n) is 2.62. The van der Waals surface area contributed by atoms with Crippen LogP contribution >= 0.6 is 0 Å². The number of ether oxygens (including phenoxy) is 2. The van der Waals surface area contributed by atoms with Crippen LogP contribution < -0.4 is 10.1 Å². The Morgan fingerprint density at radius 3 is 2.58 bits per heavy atom. The molecule has 0 aromatic heterocycles. The van der Waals surface area contributed by atoms with Gasteiger partial charge in [-0.05, 0) is 45.7 Å². The lowest BCUT2D eigenvalue weighted by atomic mass is 9.99. The molecule has 106 valence electrons. The summed E-state index contributed by atoms with van der Waals surface area (Å²) >= 11 is 0. The van der Waals surface area contributed by atoms with Crippen molar-refractivity contribution in [1.29, 1.82) is 0 Å². The van der Waals surface area contributed by atoms with Crippen LogP contribution in [0.1, 0.15) is 33.6 Å². The predicted octanol–water partition coefficient (Wildman–Crippen LogP) is 3.59. The minimum absolute atomic E-state index is 0.244. The van der Waals surface area contributed by atoms with Crippen LogP contribution in [0.5, 0.6) is 5.75 Å². The van der Waals surface area contributed by atoms with Crippen molar-refractivity contribution in [2.24, 2.45) is 0 Å². The van der Waals surface area contributed by atoms with Crippen molar-refractivity contribution in [2.45, 2.75) is 51.9 Å². The van der Waals surface area contributed by atoms with E-state index >= 15 is 0 Å². The van der Waals surface area contributed by atoms with Gasteiger partial charge in [0.1, 0.15) is 0 Å². The first-order chi connectivity index (χ1) is 9.08. The molecule has 2 unspecified atom stereocenters. The highest BCUT2D eigenvalue weighted by molar-refractivity contribution is 5.48. The molecule has 0 spiro atoms. The van der Waals surface area contributed by atoms with Crippen molar-refractivity contribution in [3.8, 4) is 5.75 Å². The van der Waals surface area contributed by atoms with E-state index in [9.17, 15) is 4.39 Å². The average molecular weight is 267 g/mol. The summed E-state index contributed by atoms with van der Waals surface area (Å²) in [4.78, 5) is 0. The maximum Gasteiger partial charge on any atom is 0.167 e. The Labute approximate surface area is 114 Å². The van der Waals surface area contributed by atoms with Crippen molar-refractivity contribution >= 4 is 5.69 Å². The fraction of sp³-hybridized carbons (Fsp3) is 0.600. The van der Waals surface area contributed by atoms with E-state index in [2.05, 4.69) is 19.2 Å². The summed E-state index contributed by atoms with van der Waals surface area (Å²) in [5.74, 6) is -0.0123. The number of hydrogen-bond acceptors (Lipinski definition) is 3. The van der Waals surface area contributed by atoms with E-state index in [1.54, 1.807) is 6.07 Å². The number of anilines is 1. The summed E-state index contributed by atoms with van der Waals surface area (Å²) in [6.07, 6.45) is 2.38. The highest BCUT2D eigenvalue weighted by atomic mass is 19.1. The van der Waals surface area contributed by atoms with Gasteiger partial charge in [0.2, 0.25) is 0 Å². The first-order valence-electron chi connectivity index (χ1n) is 6.92. The number of hydrogen-bond donors (Lipinski definition) is 1. The smallest absolute Gasteiger partial charge is 0.167 e. The van der Waals surface area contributed by atoms with E-state index in [1.165, 1.54) is 6.07 Å². The van der Waals surface area contributed by atoms with Gasteiger partial charge < -0.3 is 14.8 Å². The monoisotopic (exact) mass is 267 g/mol. The SMILES string of the molecule is CCOc1ccc(NC2CC(C)OC(C)C2)cc1F. The van der Waals surface area contributed by atoms with E-state index in [1.807, 2.05) is 13.0 Å². The Morgan fingerprint density at radius 2 is 2.00 bits per heavy atom. The van der Waals surface area contributed by atoms with Gasteiger partial charge in [-0.25, -0.2) is 4.39 Å². The van der Waals surface area contributed by atoms with Crippen LogP contribution in [0.2, 0.25) is 0 Å². The normalized spacial score (nSPS) is 27.1. The number of nitrogens with one attached hydrogen (secondary N) is 1. The van der Waals surface area contributed by atoms with E-state index in [-0.39, 0.29) is 18.0 Å². The Hall–Kier alpha value is -1.29. The standard InChI is InChI=1S/C15H22FNO2/c1-4-18-15-6-5-12(9-14(15)16)17-13-7-10(2)19-11(3)8-13/h5-6,9-11,13,17H,4,7-8H2,1-3H3. The molecule has 0 amide bonds. The average Bonchev–Trinajstić information content (AvgIpc) is 2.31. The molecule has 0 radical (unpaired) electrons. The summed E-state index contributed by atoms with van der Waals surface area (Å²) < 4.78 is 24.6. The van der Waals surface area contributed by atoms with Gasteiger partial charge in [-0.1, -0.05) is 0 Å². The zero-order chi connectivity index (χ0) is 13.8. The van der Waals surface area contributed by atoms with Crippen LogP contribution in [0, 0.1) is 5.82 Å². The molecule has 0 bridgehead atoms. The van der Waals surface area contributed by atoms with Crippen LogP contribution in [-0.4, -0.2) is 24.9 Å². The molecule has 2 atom stereocenters. The van der Waals surface area contributed by atoms with E-state index in [0.717, 1.165) is 18.5 Å². The zero-order valence-corrected chi connectivity index (χ0v) is 11.8. The summed E-state index contributed by atoms with van der Waals surface area (Å²) in [6.45, 7) is 6.46. The Morgan fingerprint density at radius 1 is 1.32 bits per heavy atom. The van der Waals surface area contributed by atoms with Crippen molar-refractivity contribution < 1.29 is 13.9 Å². The van der Waals surface area contributed by atoms with Crippen molar-refractivity contribution in [2.75, 3.05) is 11.9 Å². The maximum absolute atomic E-state index is 13.8. The van der Waals surface area contributed by atoms with Gasteiger partial charge in [0.05, 0.1) is 18.8 Å². The molecular formula is C15H22FNO2. The molecule has 2 rings (SSSR count). The molecular weight excluding hydrogens is 245 g/mol. The predicted molar refractivity (Wildman–Crippen MR) is 74.2 cm³/mol. The molecule has 19 heavy (non-hydrogen) atoms. The Balaban J connectivity index is 2.00. The van der Waals surface area contributed by atoms with Gasteiger partial charge >= 0.3 is 0 Å². The molecule has 1 aliphatic heterocycles. The lowest BCUT2D eigenvalue weighted by molar-refractivity contribution is -0.0337. The molecule has 1 N–H and O–H groups in total. The quantitative estimate of drug-likeness (QED) is 0.904. The summed E-state index contributed by atoms with van der Waals surface area (Å²) in [6, 6.07) is 5.36. The van der Waals surface area contributed by atoms with Crippen molar-refractivity contribution in [3.05, 3.63) is 24.0 Å². The first kappa shape index (κ1) is 14.1. The first-order valence-corrected chi connectivity index (χ1v) is 6.92. The van der Waals surface area contributed by atoms with E-state index in [0.29, 0.717) is 18.4 Å². The molecule has 1 aromatic rings. The number of rotatable bonds is 4. The van der Waals surface area contributed by atoms with Crippen LogP contribution in [0.25, 0.3) is 0 Å². The second-order valence-corrected chi connectivity index (χ2v) is 5.15. The largest absolute Gasteiger partial charge is 0.491 e. The Bertz CT molecular complexity index is 415. The van der Waals surface area contributed by atoms with Gasteiger partial charge in [-0.15, -0.1) is 0 Å². The molecule has 0 aliphatic carbocycles. The second-order valence-electron chi connectivity index (χ2n) is 5.15. The van der Waals surface area contributed by atoms with Crippen LogP contribution in [-0.2, 0) is 4.74 Å². The van der Waals surface area contributed by atoms with Crippen LogP contribution in [0.3, 0.4) is 0 Å². The summed E-state index contributed by atoms with van der Waals surface area (Å²) in [5.41, 5.74) is 0.798. The highest BCUT2D eigenvalue weighted by Crippen LogP contribution is 2.25. The van der Waals surface area contributed by atoms with Crippen LogP contribution in [0.15, 0.2) is 18.2 Å². The van der Waals surface area contributed by atoms with E-state index < -0.39 is 0 Å².